The average Bonchev–Trinajstić information content (AvgIpc) is 2.61. The fourth-order valence-electron chi connectivity index (χ4n) is 1.85. The number of aliphatic hydroxyl groups is 2. The summed E-state index contributed by atoms with van der Waals surface area (Å²) in [6.07, 6.45) is -1.11. The van der Waals surface area contributed by atoms with E-state index in [2.05, 4.69) is 20.9 Å². The Morgan fingerprint density at radius 3 is 2.78 bits per heavy atom. The van der Waals surface area contributed by atoms with Crippen LogP contribution in [0, 0.1) is 6.92 Å². The van der Waals surface area contributed by atoms with Crippen molar-refractivity contribution in [3.63, 3.8) is 0 Å². The summed E-state index contributed by atoms with van der Waals surface area (Å²) in [4.78, 5) is 24.6. The molecule has 1 aliphatic heterocycles. The van der Waals surface area contributed by atoms with E-state index in [0.29, 0.717) is 5.56 Å². The van der Waals surface area contributed by atoms with E-state index in [4.69, 9.17) is 9.84 Å². The maximum absolute atomic E-state index is 11.7. The number of aryl methyl sites for hydroxylation is 1. The zero-order valence-corrected chi connectivity index (χ0v) is 11.1. The normalized spacial score (nSPS) is 31.8. The number of hydrogen-bond donors (Lipinski definition) is 3. The molecule has 0 bridgehead atoms. The van der Waals surface area contributed by atoms with Gasteiger partial charge in [0.2, 0.25) is 0 Å². The van der Waals surface area contributed by atoms with Crippen molar-refractivity contribution in [2.75, 3.05) is 6.61 Å². The van der Waals surface area contributed by atoms with Crippen LogP contribution >= 0.6 is 15.9 Å². The topological polar surface area (TPSA) is 105 Å². The number of H-pyrrole nitrogens is 1. The number of nitrogens with zero attached hydrogens (tertiary/aromatic N) is 1. The molecule has 4 atom stereocenters. The smallest absolute Gasteiger partial charge is 0.330 e. The molecule has 7 nitrogen and oxygen atoms in total. The maximum atomic E-state index is 11.7. The summed E-state index contributed by atoms with van der Waals surface area (Å²) >= 11 is 3.23. The van der Waals surface area contributed by atoms with Crippen molar-refractivity contribution in [2.45, 2.75) is 30.2 Å². The molecular weight excluding hydrogens is 308 g/mol. The summed E-state index contributed by atoms with van der Waals surface area (Å²) in [7, 11) is 0. The first-order chi connectivity index (χ1) is 8.45. The highest BCUT2D eigenvalue weighted by Gasteiger charge is 2.43. The van der Waals surface area contributed by atoms with Crippen LogP contribution in [0.4, 0.5) is 0 Å². The van der Waals surface area contributed by atoms with E-state index in [1.165, 1.54) is 10.8 Å². The molecule has 0 amide bonds. The van der Waals surface area contributed by atoms with Crippen LogP contribution in [0.5, 0.6) is 0 Å². The molecule has 2 rings (SSSR count). The highest BCUT2D eigenvalue weighted by Crippen LogP contribution is 2.33. The summed E-state index contributed by atoms with van der Waals surface area (Å²) in [5.74, 6) is 0. The fourth-order valence-corrected chi connectivity index (χ4v) is 2.57. The lowest BCUT2D eigenvalue weighted by molar-refractivity contribution is -0.0457. The standard InChI is InChI=1S/C10H13BrN2O5/c1-4-2-13(10(17)12-8(4)16)9-6(11)7(15)5(3-14)18-9/h2,5-7,9,14-15H,3H2,1H3,(H,12,16,17)/t5-,6?,7?,9-/m1/s1. The van der Waals surface area contributed by atoms with Crippen molar-refractivity contribution in [3.8, 4) is 0 Å². The minimum absolute atomic E-state index is 0.350. The van der Waals surface area contributed by atoms with E-state index in [1.807, 2.05) is 0 Å². The maximum Gasteiger partial charge on any atom is 0.330 e. The van der Waals surface area contributed by atoms with E-state index in [0.717, 1.165) is 0 Å². The van der Waals surface area contributed by atoms with Crippen LogP contribution in [-0.4, -0.2) is 43.4 Å². The number of aliphatic hydroxyl groups excluding tert-OH is 2. The number of ether oxygens (including phenoxy) is 1. The molecule has 0 aromatic carbocycles. The van der Waals surface area contributed by atoms with Crippen LogP contribution in [0.15, 0.2) is 15.8 Å². The van der Waals surface area contributed by atoms with E-state index in [9.17, 15) is 14.7 Å². The third-order valence-electron chi connectivity index (χ3n) is 2.89. The molecule has 1 aromatic rings. The van der Waals surface area contributed by atoms with Crippen molar-refractivity contribution in [2.24, 2.45) is 0 Å². The number of halogens is 1. The highest BCUT2D eigenvalue weighted by atomic mass is 79.9. The molecule has 2 heterocycles. The lowest BCUT2D eigenvalue weighted by atomic mass is 10.2. The number of alkyl halides is 1. The van der Waals surface area contributed by atoms with Gasteiger partial charge < -0.3 is 14.9 Å². The average molecular weight is 321 g/mol. The Hall–Kier alpha value is -0.960. The molecule has 18 heavy (non-hydrogen) atoms. The number of hydrogen-bond acceptors (Lipinski definition) is 5. The van der Waals surface area contributed by atoms with Gasteiger partial charge in [-0.1, -0.05) is 15.9 Å². The van der Waals surface area contributed by atoms with Crippen molar-refractivity contribution in [1.29, 1.82) is 0 Å². The van der Waals surface area contributed by atoms with Crippen LogP contribution < -0.4 is 11.2 Å². The second-order valence-electron chi connectivity index (χ2n) is 4.16. The largest absolute Gasteiger partial charge is 0.394 e. The number of nitrogens with one attached hydrogen (secondary N) is 1. The number of aromatic amines is 1. The van der Waals surface area contributed by atoms with Crippen molar-refractivity contribution in [3.05, 3.63) is 32.6 Å². The molecule has 0 saturated carbocycles. The molecule has 1 aliphatic rings. The molecule has 1 saturated heterocycles. The second-order valence-corrected chi connectivity index (χ2v) is 5.22. The monoisotopic (exact) mass is 320 g/mol. The minimum atomic E-state index is -0.931. The molecule has 2 unspecified atom stereocenters. The van der Waals surface area contributed by atoms with E-state index >= 15 is 0 Å². The molecule has 8 heteroatoms. The Balaban J connectivity index is 2.42. The van der Waals surface area contributed by atoms with E-state index < -0.39 is 34.5 Å². The van der Waals surface area contributed by atoms with Crippen LogP contribution in [-0.2, 0) is 4.74 Å². The van der Waals surface area contributed by atoms with Crippen molar-refractivity contribution >= 4 is 15.9 Å². The van der Waals surface area contributed by atoms with Gasteiger partial charge >= 0.3 is 5.69 Å². The Kier molecular flexibility index (Phi) is 3.71. The Bertz CT molecular complexity index is 554. The summed E-state index contributed by atoms with van der Waals surface area (Å²) in [6.45, 7) is 1.21. The summed E-state index contributed by atoms with van der Waals surface area (Å²) in [6, 6.07) is 0. The first-order valence-corrected chi connectivity index (χ1v) is 6.27. The van der Waals surface area contributed by atoms with Crippen LogP contribution in [0.3, 0.4) is 0 Å². The zero-order chi connectivity index (χ0) is 13.4. The fraction of sp³-hybridized carbons (Fsp3) is 0.600. The van der Waals surface area contributed by atoms with Gasteiger partial charge in [0.05, 0.1) is 17.5 Å². The summed E-state index contributed by atoms with van der Waals surface area (Å²) < 4.78 is 6.58. The predicted molar refractivity (Wildman–Crippen MR) is 65.8 cm³/mol. The van der Waals surface area contributed by atoms with Gasteiger partial charge in [-0.25, -0.2) is 4.79 Å². The van der Waals surface area contributed by atoms with Crippen LogP contribution in [0.2, 0.25) is 0 Å². The number of aromatic nitrogens is 2. The SMILES string of the molecule is Cc1cn([C@@H]2O[C@H](CO)C(O)C2Br)c(=O)[nH]c1=O. The van der Waals surface area contributed by atoms with E-state index in [1.54, 1.807) is 6.92 Å². The first kappa shape index (κ1) is 13.5. The molecule has 1 fully saturated rings. The quantitative estimate of drug-likeness (QED) is 0.597. The van der Waals surface area contributed by atoms with Crippen molar-refractivity contribution < 1.29 is 14.9 Å². The predicted octanol–water partition coefficient (Wildman–Crippen LogP) is -1.14. The van der Waals surface area contributed by atoms with Gasteiger partial charge in [0.25, 0.3) is 5.56 Å². The molecule has 0 radical (unpaired) electrons. The number of rotatable bonds is 2. The molecule has 0 aliphatic carbocycles. The molecule has 0 spiro atoms. The molecule has 1 aromatic heterocycles. The van der Waals surface area contributed by atoms with E-state index in [-0.39, 0.29) is 6.61 Å². The minimum Gasteiger partial charge on any atom is -0.394 e. The Morgan fingerprint density at radius 2 is 2.22 bits per heavy atom. The van der Waals surface area contributed by atoms with Gasteiger partial charge in [-0.15, -0.1) is 0 Å². The Morgan fingerprint density at radius 1 is 1.56 bits per heavy atom. The van der Waals surface area contributed by atoms with Crippen LogP contribution in [0.1, 0.15) is 11.8 Å². The van der Waals surface area contributed by atoms with Gasteiger partial charge in [0.1, 0.15) is 6.10 Å². The molecular formula is C10H13BrN2O5. The van der Waals surface area contributed by atoms with Gasteiger partial charge in [-0.2, -0.15) is 0 Å². The first-order valence-electron chi connectivity index (χ1n) is 5.36. The van der Waals surface area contributed by atoms with Gasteiger partial charge in [0, 0.05) is 11.8 Å². The van der Waals surface area contributed by atoms with Crippen molar-refractivity contribution in [1.82, 2.24) is 9.55 Å². The summed E-state index contributed by atoms with van der Waals surface area (Å²) in [5, 5.41) is 18.8. The second kappa shape index (κ2) is 4.96. The third kappa shape index (κ3) is 2.16. The zero-order valence-electron chi connectivity index (χ0n) is 9.54. The summed E-state index contributed by atoms with van der Waals surface area (Å²) in [5.41, 5.74) is -0.717. The van der Waals surface area contributed by atoms with Crippen LogP contribution in [0.25, 0.3) is 0 Å². The van der Waals surface area contributed by atoms with Gasteiger partial charge in [-0.05, 0) is 6.92 Å². The lowest BCUT2D eigenvalue weighted by Crippen LogP contribution is -2.36. The molecule has 100 valence electrons. The third-order valence-corrected chi connectivity index (χ3v) is 3.89. The molecule has 3 N–H and O–H groups in total. The Labute approximate surface area is 110 Å². The lowest BCUT2D eigenvalue weighted by Gasteiger charge is -2.17. The highest BCUT2D eigenvalue weighted by molar-refractivity contribution is 9.09. The van der Waals surface area contributed by atoms with Gasteiger partial charge in [0.15, 0.2) is 6.23 Å². The van der Waals surface area contributed by atoms with Gasteiger partial charge in [-0.3, -0.25) is 14.3 Å².